The summed E-state index contributed by atoms with van der Waals surface area (Å²) in [7, 11) is 6.84. The SMILES string of the molecule is COc1ccc([C@H]2C(C(C)=O)=C(O)C(=O)N2CCN(C)C)c(OC)c1. The Morgan fingerprint density at radius 1 is 1.28 bits per heavy atom. The smallest absolute Gasteiger partial charge is 0.290 e. The Bertz CT molecular complexity index is 711. The maximum Gasteiger partial charge on any atom is 0.290 e. The monoisotopic (exact) mass is 348 g/mol. The molecule has 1 aliphatic heterocycles. The second-order valence-electron chi connectivity index (χ2n) is 6.13. The van der Waals surface area contributed by atoms with Crippen molar-refractivity contribution in [2.45, 2.75) is 13.0 Å². The zero-order chi connectivity index (χ0) is 18.7. The number of methoxy groups -OCH3 is 2. The lowest BCUT2D eigenvalue weighted by Crippen LogP contribution is -2.36. The average Bonchev–Trinajstić information content (AvgIpc) is 2.83. The van der Waals surface area contributed by atoms with Gasteiger partial charge < -0.3 is 24.4 Å². The van der Waals surface area contributed by atoms with Gasteiger partial charge in [0.25, 0.3) is 5.91 Å². The Balaban J connectivity index is 2.55. The number of Topliss-reactive ketones (excluding diaryl/α,β-unsaturated/α-hetero) is 1. The van der Waals surface area contributed by atoms with E-state index in [0.29, 0.717) is 30.2 Å². The van der Waals surface area contributed by atoms with E-state index < -0.39 is 17.7 Å². The number of aliphatic hydroxyl groups is 1. The maximum absolute atomic E-state index is 12.5. The van der Waals surface area contributed by atoms with Crippen LogP contribution in [-0.4, -0.2) is 68.0 Å². The molecule has 136 valence electrons. The van der Waals surface area contributed by atoms with Crippen LogP contribution >= 0.6 is 0 Å². The molecule has 2 rings (SSSR count). The van der Waals surface area contributed by atoms with Crippen LogP contribution in [0.2, 0.25) is 0 Å². The molecule has 0 fully saturated rings. The van der Waals surface area contributed by atoms with E-state index >= 15 is 0 Å². The Labute approximate surface area is 147 Å². The van der Waals surface area contributed by atoms with Gasteiger partial charge in [0.2, 0.25) is 0 Å². The van der Waals surface area contributed by atoms with Gasteiger partial charge in [-0.05, 0) is 33.2 Å². The first kappa shape index (κ1) is 18.8. The second-order valence-corrected chi connectivity index (χ2v) is 6.13. The lowest BCUT2D eigenvalue weighted by molar-refractivity contribution is -0.129. The number of likely N-dealkylation sites (N-methyl/N-ethyl adjacent to an activating group) is 1. The third-order valence-electron chi connectivity index (χ3n) is 4.21. The fraction of sp³-hybridized carbons (Fsp3) is 0.444. The summed E-state index contributed by atoms with van der Waals surface area (Å²) in [6.45, 7) is 2.31. The number of aliphatic hydroxyl groups excluding tert-OH is 1. The quantitative estimate of drug-likeness (QED) is 0.805. The number of hydrogen-bond donors (Lipinski definition) is 1. The van der Waals surface area contributed by atoms with Crippen molar-refractivity contribution in [1.29, 1.82) is 0 Å². The van der Waals surface area contributed by atoms with Gasteiger partial charge >= 0.3 is 0 Å². The predicted molar refractivity (Wildman–Crippen MR) is 92.9 cm³/mol. The van der Waals surface area contributed by atoms with Crippen LogP contribution in [0.25, 0.3) is 0 Å². The van der Waals surface area contributed by atoms with Crippen molar-refractivity contribution >= 4 is 11.7 Å². The van der Waals surface area contributed by atoms with Crippen molar-refractivity contribution in [1.82, 2.24) is 9.80 Å². The number of amides is 1. The molecule has 1 amide bonds. The van der Waals surface area contributed by atoms with E-state index in [0.717, 1.165) is 0 Å². The van der Waals surface area contributed by atoms with Gasteiger partial charge in [-0.2, -0.15) is 0 Å². The lowest BCUT2D eigenvalue weighted by Gasteiger charge is -2.28. The Morgan fingerprint density at radius 3 is 2.48 bits per heavy atom. The molecular formula is C18H24N2O5. The minimum atomic E-state index is -0.689. The topological polar surface area (TPSA) is 79.3 Å². The molecule has 0 aliphatic carbocycles. The van der Waals surface area contributed by atoms with Crippen molar-refractivity contribution < 1.29 is 24.2 Å². The molecule has 0 spiro atoms. The molecule has 1 aliphatic rings. The van der Waals surface area contributed by atoms with E-state index in [-0.39, 0.29) is 11.4 Å². The zero-order valence-electron chi connectivity index (χ0n) is 15.2. The Morgan fingerprint density at radius 2 is 1.96 bits per heavy atom. The van der Waals surface area contributed by atoms with Gasteiger partial charge in [-0.15, -0.1) is 0 Å². The minimum absolute atomic E-state index is 0.0900. The predicted octanol–water partition coefficient (Wildman–Crippen LogP) is 1.55. The standard InChI is InChI=1S/C18H24N2O5/c1-11(21)15-16(13-7-6-12(24-4)10-14(13)25-5)20(9-8-19(2)3)18(23)17(15)22/h6-7,10,16,22H,8-9H2,1-5H3/t16-/m0/s1. The molecule has 7 nitrogen and oxygen atoms in total. The minimum Gasteiger partial charge on any atom is -0.503 e. The van der Waals surface area contributed by atoms with Crippen molar-refractivity contribution in [2.75, 3.05) is 41.4 Å². The summed E-state index contributed by atoms with van der Waals surface area (Å²) in [5.41, 5.74) is 0.719. The van der Waals surface area contributed by atoms with Crippen LogP contribution in [0, 0.1) is 0 Å². The van der Waals surface area contributed by atoms with E-state index in [4.69, 9.17) is 9.47 Å². The Hall–Kier alpha value is -2.54. The van der Waals surface area contributed by atoms with Crippen LogP contribution in [0.3, 0.4) is 0 Å². The van der Waals surface area contributed by atoms with Gasteiger partial charge in [-0.1, -0.05) is 0 Å². The molecular weight excluding hydrogens is 324 g/mol. The molecule has 1 N–H and O–H groups in total. The second kappa shape index (κ2) is 7.57. The molecule has 1 atom stereocenters. The van der Waals surface area contributed by atoms with Crippen LogP contribution < -0.4 is 9.47 Å². The molecule has 25 heavy (non-hydrogen) atoms. The average molecular weight is 348 g/mol. The van der Waals surface area contributed by atoms with Crippen molar-refractivity contribution in [3.8, 4) is 11.5 Å². The number of carbonyl (C=O) groups excluding carboxylic acids is 2. The highest BCUT2D eigenvalue weighted by Crippen LogP contribution is 2.42. The number of nitrogens with zero attached hydrogens (tertiary/aromatic N) is 2. The van der Waals surface area contributed by atoms with E-state index in [2.05, 4.69) is 0 Å². The number of ether oxygens (including phenoxy) is 2. The lowest BCUT2D eigenvalue weighted by atomic mass is 9.95. The summed E-state index contributed by atoms with van der Waals surface area (Å²) in [6, 6.07) is 4.49. The number of rotatable bonds is 7. The highest BCUT2D eigenvalue weighted by molar-refractivity contribution is 6.08. The van der Waals surface area contributed by atoms with Gasteiger partial charge in [0.15, 0.2) is 11.5 Å². The highest BCUT2D eigenvalue weighted by Gasteiger charge is 2.43. The Kier molecular flexibility index (Phi) is 5.69. The largest absolute Gasteiger partial charge is 0.503 e. The molecule has 0 bridgehead atoms. The van der Waals surface area contributed by atoms with Crippen LogP contribution in [0.15, 0.2) is 29.5 Å². The molecule has 1 aromatic carbocycles. The summed E-state index contributed by atoms with van der Waals surface area (Å²) in [5, 5.41) is 10.2. The molecule has 0 saturated carbocycles. The van der Waals surface area contributed by atoms with Crippen LogP contribution in [0.1, 0.15) is 18.5 Å². The molecule has 0 radical (unpaired) electrons. The van der Waals surface area contributed by atoms with Crippen LogP contribution in [-0.2, 0) is 9.59 Å². The molecule has 0 saturated heterocycles. The van der Waals surface area contributed by atoms with Gasteiger partial charge in [-0.25, -0.2) is 0 Å². The van der Waals surface area contributed by atoms with E-state index in [9.17, 15) is 14.7 Å². The van der Waals surface area contributed by atoms with Gasteiger partial charge in [0.1, 0.15) is 11.5 Å². The first-order valence-electron chi connectivity index (χ1n) is 7.93. The van der Waals surface area contributed by atoms with Gasteiger partial charge in [-0.3, -0.25) is 9.59 Å². The first-order valence-corrected chi connectivity index (χ1v) is 7.93. The van der Waals surface area contributed by atoms with Crippen LogP contribution in [0.5, 0.6) is 11.5 Å². The van der Waals surface area contributed by atoms with Crippen molar-refractivity contribution in [3.05, 3.63) is 35.1 Å². The summed E-state index contributed by atoms with van der Waals surface area (Å²) in [5.74, 6) is -0.298. The maximum atomic E-state index is 12.5. The molecule has 1 aromatic rings. The normalized spacial score (nSPS) is 17.4. The summed E-state index contributed by atoms with van der Waals surface area (Å²) >= 11 is 0. The van der Waals surface area contributed by atoms with E-state index in [1.54, 1.807) is 25.3 Å². The fourth-order valence-corrected chi connectivity index (χ4v) is 2.92. The molecule has 7 heteroatoms. The van der Waals surface area contributed by atoms with Gasteiger partial charge in [0.05, 0.1) is 25.8 Å². The number of carbonyl (C=O) groups is 2. The van der Waals surface area contributed by atoms with Crippen LogP contribution in [0.4, 0.5) is 0 Å². The summed E-state index contributed by atoms with van der Waals surface area (Å²) in [4.78, 5) is 28.1. The highest BCUT2D eigenvalue weighted by atomic mass is 16.5. The summed E-state index contributed by atoms with van der Waals surface area (Å²) < 4.78 is 10.6. The third kappa shape index (κ3) is 3.61. The van der Waals surface area contributed by atoms with E-state index in [1.807, 2.05) is 19.0 Å². The fourth-order valence-electron chi connectivity index (χ4n) is 2.92. The zero-order valence-corrected chi connectivity index (χ0v) is 15.2. The number of ketones is 1. The molecule has 0 unspecified atom stereocenters. The first-order chi connectivity index (χ1) is 11.8. The number of benzene rings is 1. The summed E-state index contributed by atoms with van der Waals surface area (Å²) in [6.07, 6.45) is 0. The number of hydrogen-bond acceptors (Lipinski definition) is 6. The van der Waals surface area contributed by atoms with Crippen molar-refractivity contribution in [3.63, 3.8) is 0 Å². The van der Waals surface area contributed by atoms with E-state index in [1.165, 1.54) is 18.9 Å². The molecule has 1 heterocycles. The van der Waals surface area contributed by atoms with Gasteiger partial charge in [0, 0.05) is 24.7 Å². The van der Waals surface area contributed by atoms with Crippen molar-refractivity contribution in [2.24, 2.45) is 0 Å². The third-order valence-corrected chi connectivity index (χ3v) is 4.21. The molecule has 0 aromatic heterocycles.